The Labute approximate surface area is 167 Å². The number of amides is 2. The van der Waals surface area contributed by atoms with Crippen molar-refractivity contribution in [3.63, 3.8) is 0 Å². The number of rotatable bonds is 7. The average Bonchev–Trinajstić information content (AvgIpc) is 3.05. The van der Waals surface area contributed by atoms with Crippen LogP contribution < -0.4 is 15.8 Å². The molecule has 0 fully saturated rings. The van der Waals surface area contributed by atoms with E-state index < -0.39 is 46.3 Å². The Bertz CT molecular complexity index is 1020. The van der Waals surface area contributed by atoms with Gasteiger partial charge < -0.3 is 20.9 Å². The SMILES string of the molecule is C[C@@H](CO)C(=O)Nc1sc(S(=O)(=O)c2ccc(OC(F)(F)F)cc2)cc1C(N)=O. The van der Waals surface area contributed by atoms with E-state index in [0.29, 0.717) is 11.3 Å². The molecule has 2 aromatic rings. The molecule has 158 valence electrons. The van der Waals surface area contributed by atoms with E-state index in [2.05, 4.69) is 10.1 Å². The molecule has 1 aromatic heterocycles. The largest absolute Gasteiger partial charge is 0.573 e. The average molecular weight is 452 g/mol. The molecular formula is C16H15F3N2O6S2. The summed E-state index contributed by atoms with van der Waals surface area (Å²) < 4.78 is 65.5. The molecule has 29 heavy (non-hydrogen) atoms. The molecule has 0 unspecified atom stereocenters. The number of alkyl halides is 3. The number of nitrogens with two attached hydrogens (primary N) is 1. The predicted octanol–water partition coefficient (Wildman–Crippen LogP) is 2.15. The van der Waals surface area contributed by atoms with Crippen molar-refractivity contribution in [3.8, 4) is 5.75 Å². The standard InChI is InChI=1S/C16H15F3N2O6S2/c1-8(7-22)14(24)21-15-11(13(20)23)6-12(28-15)29(25,26)10-4-2-9(3-5-10)27-16(17,18)19/h2-6,8,22H,7H2,1H3,(H2,20,23)(H,21,24)/t8-/m0/s1. The van der Waals surface area contributed by atoms with Gasteiger partial charge in [0.05, 0.1) is 23.0 Å². The van der Waals surface area contributed by atoms with Crippen LogP contribution in [0.25, 0.3) is 0 Å². The number of carbonyl (C=O) groups excluding carboxylic acids is 2. The van der Waals surface area contributed by atoms with Gasteiger partial charge in [0.15, 0.2) is 0 Å². The van der Waals surface area contributed by atoms with Crippen molar-refractivity contribution in [2.45, 2.75) is 22.4 Å². The number of halogens is 3. The molecule has 1 atom stereocenters. The number of aliphatic hydroxyl groups excluding tert-OH is 1. The first kappa shape index (κ1) is 22.6. The fraction of sp³-hybridized carbons (Fsp3) is 0.250. The zero-order valence-electron chi connectivity index (χ0n) is 14.7. The van der Waals surface area contributed by atoms with Crippen molar-refractivity contribution < 1.29 is 41.0 Å². The summed E-state index contributed by atoms with van der Waals surface area (Å²) in [6, 6.07) is 4.43. The van der Waals surface area contributed by atoms with Crippen molar-refractivity contribution in [2.75, 3.05) is 11.9 Å². The number of carbonyl (C=O) groups is 2. The van der Waals surface area contributed by atoms with Gasteiger partial charge in [0.25, 0.3) is 5.91 Å². The highest BCUT2D eigenvalue weighted by atomic mass is 32.2. The van der Waals surface area contributed by atoms with Gasteiger partial charge >= 0.3 is 6.36 Å². The summed E-state index contributed by atoms with van der Waals surface area (Å²) in [4.78, 5) is 23.2. The molecule has 0 saturated carbocycles. The lowest BCUT2D eigenvalue weighted by molar-refractivity contribution is -0.274. The molecule has 0 aliphatic carbocycles. The van der Waals surface area contributed by atoms with Gasteiger partial charge in [0.1, 0.15) is 15.0 Å². The van der Waals surface area contributed by atoms with Gasteiger partial charge in [0.2, 0.25) is 15.7 Å². The number of aliphatic hydroxyl groups is 1. The number of hydrogen-bond acceptors (Lipinski definition) is 7. The first-order valence-corrected chi connectivity index (χ1v) is 10.1. The van der Waals surface area contributed by atoms with E-state index in [-0.39, 0.29) is 19.7 Å². The first-order valence-electron chi connectivity index (χ1n) is 7.81. The van der Waals surface area contributed by atoms with Gasteiger partial charge in [-0.2, -0.15) is 0 Å². The lowest BCUT2D eigenvalue weighted by Gasteiger charge is -2.09. The summed E-state index contributed by atoms with van der Waals surface area (Å²) in [5, 5.41) is 11.2. The van der Waals surface area contributed by atoms with Crippen molar-refractivity contribution >= 4 is 38.0 Å². The van der Waals surface area contributed by atoms with E-state index in [0.717, 1.165) is 30.3 Å². The van der Waals surface area contributed by atoms with Crippen LogP contribution in [0.2, 0.25) is 0 Å². The van der Waals surface area contributed by atoms with E-state index >= 15 is 0 Å². The zero-order valence-corrected chi connectivity index (χ0v) is 16.3. The van der Waals surface area contributed by atoms with E-state index in [9.17, 15) is 31.2 Å². The molecule has 0 saturated heterocycles. The fourth-order valence-electron chi connectivity index (χ4n) is 2.03. The monoisotopic (exact) mass is 452 g/mol. The highest BCUT2D eigenvalue weighted by Crippen LogP contribution is 2.35. The molecule has 0 bridgehead atoms. The Morgan fingerprint density at radius 1 is 1.28 bits per heavy atom. The van der Waals surface area contributed by atoms with Crippen molar-refractivity contribution in [1.29, 1.82) is 0 Å². The van der Waals surface area contributed by atoms with Gasteiger partial charge in [-0.1, -0.05) is 6.92 Å². The number of thiophene rings is 1. The Morgan fingerprint density at radius 3 is 2.34 bits per heavy atom. The molecule has 0 spiro atoms. The second kappa shape index (κ2) is 8.39. The molecule has 13 heteroatoms. The van der Waals surface area contributed by atoms with Crippen molar-refractivity contribution in [1.82, 2.24) is 0 Å². The molecular weight excluding hydrogens is 437 g/mol. The van der Waals surface area contributed by atoms with Crippen LogP contribution in [0.5, 0.6) is 5.75 Å². The third-order valence-electron chi connectivity index (χ3n) is 3.57. The number of hydrogen-bond donors (Lipinski definition) is 3. The van der Waals surface area contributed by atoms with Crippen molar-refractivity contribution in [3.05, 3.63) is 35.9 Å². The third-order valence-corrected chi connectivity index (χ3v) is 6.86. The summed E-state index contributed by atoms with van der Waals surface area (Å²) in [5.41, 5.74) is 4.96. The lowest BCUT2D eigenvalue weighted by Crippen LogP contribution is -2.24. The minimum atomic E-state index is -4.93. The quantitative estimate of drug-likeness (QED) is 0.589. The van der Waals surface area contributed by atoms with Crippen LogP contribution in [0, 0.1) is 5.92 Å². The number of benzene rings is 1. The van der Waals surface area contributed by atoms with Crippen molar-refractivity contribution in [2.24, 2.45) is 11.7 Å². The van der Waals surface area contributed by atoms with E-state index in [1.807, 2.05) is 0 Å². The summed E-state index contributed by atoms with van der Waals surface area (Å²) >= 11 is 0.546. The highest BCUT2D eigenvalue weighted by molar-refractivity contribution is 7.93. The molecule has 2 rings (SSSR count). The maximum atomic E-state index is 12.7. The van der Waals surface area contributed by atoms with Gasteiger partial charge in [0, 0.05) is 0 Å². The normalized spacial score (nSPS) is 13.0. The van der Waals surface area contributed by atoms with Gasteiger partial charge in [-0.25, -0.2) is 8.42 Å². The molecule has 1 heterocycles. The number of sulfone groups is 1. The number of anilines is 1. The summed E-state index contributed by atoms with van der Waals surface area (Å²) in [6.45, 7) is 0.940. The molecule has 0 radical (unpaired) electrons. The van der Waals surface area contributed by atoms with Crippen LogP contribution in [0.4, 0.5) is 18.2 Å². The lowest BCUT2D eigenvalue weighted by atomic mass is 10.2. The van der Waals surface area contributed by atoms with Crippen LogP contribution in [-0.2, 0) is 14.6 Å². The summed E-state index contributed by atoms with van der Waals surface area (Å²) in [7, 11) is -4.22. The smallest absolute Gasteiger partial charge is 0.406 e. The molecule has 2 amide bonds. The second-order valence-electron chi connectivity index (χ2n) is 5.77. The Morgan fingerprint density at radius 2 is 1.86 bits per heavy atom. The minimum absolute atomic E-state index is 0.126. The van der Waals surface area contributed by atoms with Crippen LogP contribution in [-0.4, -0.2) is 38.3 Å². The number of ether oxygens (including phenoxy) is 1. The molecule has 4 N–H and O–H groups in total. The minimum Gasteiger partial charge on any atom is -0.406 e. The predicted molar refractivity (Wildman–Crippen MR) is 96.3 cm³/mol. The third kappa shape index (κ3) is 5.46. The van der Waals surface area contributed by atoms with Crippen LogP contribution in [0.15, 0.2) is 39.4 Å². The van der Waals surface area contributed by atoms with Crippen LogP contribution >= 0.6 is 11.3 Å². The van der Waals surface area contributed by atoms with E-state index in [1.165, 1.54) is 6.92 Å². The first-order chi connectivity index (χ1) is 13.3. The Kier molecular flexibility index (Phi) is 6.55. The number of nitrogens with one attached hydrogen (secondary N) is 1. The second-order valence-corrected chi connectivity index (χ2v) is 9.00. The summed E-state index contributed by atoms with van der Waals surface area (Å²) in [6.07, 6.45) is -4.93. The molecule has 0 aliphatic rings. The molecule has 8 nitrogen and oxygen atoms in total. The van der Waals surface area contributed by atoms with Crippen LogP contribution in [0.3, 0.4) is 0 Å². The Hall–Kier alpha value is -2.64. The fourth-order valence-corrected chi connectivity index (χ4v) is 4.81. The Balaban J connectivity index is 2.38. The maximum Gasteiger partial charge on any atom is 0.573 e. The van der Waals surface area contributed by atoms with E-state index in [1.54, 1.807) is 0 Å². The molecule has 0 aliphatic heterocycles. The number of primary amides is 1. The molecule has 1 aromatic carbocycles. The topological polar surface area (TPSA) is 136 Å². The van der Waals surface area contributed by atoms with Gasteiger partial charge in [-0.3, -0.25) is 9.59 Å². The van der Waals surface area contributed by atoms with Gasteiger partial charge in [-0.05, 0) is 30.3 Å². The zero-order chi connectivity index (χ0) is 22.0. The van der Waals surface area contributed by atoms with E-state index in [4.69, 9.17) is 10.8 Å². The van der Waals surface area contributed by atoms with Crippen LogP contribution in [0.1, 0.15) is 17.3 Å². The van der Waals surface area contributed by atoms with Gasteiger partial charge in [-0.15, -0.1) is 24.5 Å². The summed E-state index contributed by atoms with van der Waals surface area (Å²) in [5.74, 6) is -3.08. The maximum absolute atomic E-state index is 12.7. The highest BCUT2D eigenvalue weighted by Gasteiger charge is 2.31.